The summed E-state index contributed by atoms with van der Waals surface area (Å²) < 4.78 is 11.6. The third-order valence-corrected chi connectivity index (χ3v) is 4.66. The molecule has 9 heteroatoms. The Kier molecular flexibility index (Phi) is 4.93. The van der Waals surface area contributed by atoms with Crippen LogP contribution in [0.3, 0.4) is 0 Å². The molecule has 0 unspecified atom stereocenters. The molecule has 124 valence electrons. The van der Waals surface area contributed by atoms with E-state index in [-0.39, 0.29) is 17.9 Å². The van der Waals surface area contributed by atoms with Crippen LogP contribution in [0.2, 0.25) is 10.0 Å². The van der Waals surface area contributed by atoms with Crippen molar-refractivity contribution in [2.45, 2.75) is 6.42 Å². The Labute approximate surface area is 154 Å². The van der Waals surface area contributed by atoms with Crippen LogP contribution in [0.1, 0.15) is 5.56 Å². The Morgan fingerprint density at radius 2 is 2.04 bits per heavy atom. The summed E-state index contributed by atoms with van der Waals surface area (Å²) in [4.78, 5) is 14.4. The molecule has 6 nitrogen and oxygen atoms in total. The predicted octanol–water partition coefficient (Wildman–Crippen LogP) is 5.43. The second-order valence-corrected chi connectivity index (χ2v) is 6.46. The minimum Gasteiger partial charge on any atom is -0.483 e. The molecule has 0 saturated carbocycles. The number of nitrogens with zero attached hydrogens (tertiary/aromatic N) is 2. The number of hydrogen-bond donors (Lipinski definition) is 0. The highest BCUT2D eigenvalue weighted by atomic mass is 79.9. The first-order valence-corrected chi connectivity index (χ1v) is 8.29. The molecule has 0 radical (unpaired) electrons. The van der Waals surface area contributed by atoms with Crippen LogP contribution in [-0.2, 0) is 6.42 Å². The summed E-state index contributed by atoms with van der Waals surface area (Å²) in [5.74, 6) is -0.430. The highest BCUT2D eigenvalue weighted by molar-refractivity contribution is 9.10. The summed E-state index contributed by atoms with van der Waals surface area (Å²) in [7, 11) is 0. The van der Waals surface area contributed by atoms with Gasteiger partial charge >= 0.3 is 5.82 Å². The fraction of sp³-hybridized carbons (Fsp3) is 0.133. The van der Waals surface area contributed by atoms with Gasteiger partial charge in [0, 0.05) is 16.5 Å². The lowest BCUT2D eigenvalue weighted by Crippen LogP contribution is -2.05. The number of pyridine rings is 1. The average molecular weight is 432 g/mol. The molecule has 1 aromatic carbocycles. The zero-order valence-electron chi connectivity index (χ0n) is 12.0. The van der Waals surface area contributed by atoms with E-state index < -0.39 is 10.7 Å². The van der Waals surface area contributed by atoms with E-state index in [1.165, 1.54) is 12.5 Å². The van der Waals surface area contributed by atoms with Crippen LogP contribution in [0.5, 0.6) is 5.75 Å². The van der Waals surface area contributed by atoms with Gasteiger partial charge < -0.3 is 19.3 Å². The van der Waals surface area contributed by atoms with E-state index in [2.05, 4.69) is 20.9 Å². The minimum absolute atomic E-state index is 0.0219. The normalized spacial score (nSPS) is 11.0. The van der Waals surface area contributed by atoms with Crippen LogP contribution < -0.4 is 4.74 Å². The van der Waals surface area contributed by atoms with Crippen molar-refractivity contribution in [1.82, 2.24) is 4.98 Å². The van der Waals surface area contributed by atoms with Gasteiger partial charge in [0.25, 0.3) is 5.75 Å². The molecule has 0 spiro atoms. The first-order chi connectivity index (χ1) is 11.5. The van der Waals surface area contributed by atoms with Gasteiger partial charge in [0.2, 0.25) is 0 Å². The van der Waals surface area contributed by atoms with Gasteiger partial charge in [-0.25, -0.2) is 0 Å². The van der Waals surface area contributed by atoms with Gasteiger partial charge in [0.15, 0.2) is 11.8 Å². The highest BCUT2D eigenvalue weighted by Gasteiger charge is 2.24. The van der Waals surface area contributed by atoms with Crippen LogP contribution in [0.4, 0.5) is 5.82 Å². The lowest BCUT2D eigenvalue weighted by molar-refractivity contribution is -0.390. The lowest BCUT2D eigenvalue weighted by Gasteiger charge is -2.09. The minimum atomic E-state index is -0.617. The number of hydrogen-bond acceptors (Lipinski definition) is 5. The van der Waals surface area contributed by atoms with Crippen molar-refractivity contribution in [3.05, 3.63) is 60.9 Å². The molecular weight excluding hydrogens is 423 g/mol. The number of aromatic nitrogens is 1. The summed E-state index contributed by atoms with van der Waals surface area (Å²) in [5.41, 5.74) is 0.970. The third-order valence-electron chi connectivity index (χ3n) is 3.34. The van der Waals surface area contributed by atoms with Crippen molar-refractivity contribution >= 4 is 55.9 Å². The van der Waals surface area contributed by atoms with Crippen LogP contribution in [0, 0.1) is 10.1 Å². The number of fused-ring (bicyclic) bond motifs is 1. The molecule has 2 aromatic heterocycles. The maximum atomic E-state index is 11.2. The van der Waals surface area contributed by atoms with Crippen molar-refractivity contribution in [3.63, 3.8) is 0 Å². The monoisotopic (exact) mass is 430 g/mol. The van der Waals surface area contributed by atoms with Crippen molar-refractivity contribution in [2.75, 3.05) is 6.61 Å². The van der Waals surface area contributed by atoms with E-state index in [0.29, 0.717) is 31.9 Å². The zero-order valence-corrected chi connectivity index (χ0v) is 15.1. The first-order valence-electron chi connectivity index (χ1n) is 6.75. The van der Waals surface area contributed by atoms with Crippen molar-refractivity contribution in [3.8, 4) is 5.75 Å². The maximum absolute atomic E-state index is 11.2. The van der Waals surface area contributed by atoms with Gasteiger partial charge in [-0.2, -0.15) is 0 Å². The largest absolute Gasteiger partial charge is 0.483 e. The molecule has 0 N–H and O–H groups in total. The molecule has 0 aliphatic heterocycles. The van der Waals surface area contributed by atoms with E-state index >= 15 is 0 Å². The Balaban J connectivity index is 1.89. The number of halogens is 3. The smallest absolute Gasteiger partial charge is 0.410 e. The van der Waals surface area contributed by atoms with Gasteiger partial charge in [-0.3, -0.25) is 0 Å². The quantitative estimate of drug-likeness (QED) is 0.397. The molecule has 3 aromatic rings. The van der Waals surface area contributed by atoms with Crippen LogP contribution in [0.25, 0.3) is 11.0 Å². The second-order valence-electron chi connectivity index (χ2n) is 4.79. The summed E-state index contributed by atoms with van der Waals surface area (Å²) in [6, 6.07) is 5.18. The standard InChI is InChI=1S/C15H9BrCl2N2O4/c16-10-7-24-13-9(10)6-19-15(20(21)22)14(13)23-5-4-8-11(17)2-1-3-12(8)18/h1-3,6-7H,4-5H2. The molecule has 0 aliphatic rings. The number of benzene rings is 1. The van der Waals surface area contributed by atoms with Crippen molar-refractivity contribution in [2.24, 2.45) is 0 Å². The fourth-order valence-corrected chi connectivity index (χ4v) is 3.18. The lowest BCUT2D eigenvalue weighted by atomic mass is 10.1. The predicted molar refractivity (Wildman–Crippen MR) is 94.0 cm³/mol. The number of furan rings is 1. The molecule has 0 fully saturated rings. The van der Waals surface area contributed by atoms with Crippen LogP contribution in [-0.4, -0.2) is 16.5 Å². The highest BCUT2D eigenvalue weighted by Crippen LogP contribution is 2.37. The molecule has 2 heterocycles. The summed E-state index contributed by atoms with van der Waals surface area (Å²) in [6.07, 6.45) is 3.17. The van der Waals surface area contributed by atoms with Gasteiger partial charge in [0.1, 0.15) is 6.26 Å². The fourth-order valence-electron chi connectivity index (χ4n) is 2.21. The Morgan fingerprint density at radius 3 is 2.71 bits per heavy atom. The molecule has 0 aliphatic carbocycles. The SMILES string of the molecule is O=[N+]([O-])c1ncc2c(Br)coc2c1OCCc1c(Cl)cccc1Cl. The number of rotatable bonds is 5. The molecule has 24 heavy (non-hydrogen) atoms. The molecule has 0 bridgehead atoms. The zero-order chi connectivity index (χ0) is 17.3. The third kappa shape index (κ3) is 3.19. The molecular formula is C15H9BrCl2N2O4. The van der Waals surface area contributed by atoms with E-state index in [1.807, 2.05) is 0 Å². The summed E-state index contributed by atoms with van der Waals surface area (Å²) in [5, 5.41) is 12.8. The molecule has 0 amide bonds. The Morgan fingerprint density at radius 1 is 1.33 bits per heavy atom. The van der Waals surface area contributed by atoms with E-state index in [1.54, 1.807) is 18.2 Å². The van der Waals surface area contributed by atoms with E-state index in [9.17, 15) is 10.1 Å². The first kappa shape index (κ1) is 17.0. The van der Waals surface area contributed by atoms with Crippen LogP contribution in [0.15, 0.2) is 39.5 Å². The van der Waals surface area contributed by atoms with E-state index in [4.69, 9.17) is 32.4 Å². The number of ether oxygens (including phenoxy) is 1. The second kappa shape index (κ2) is 6.96. The summed E-state index contributed by atoms with van der Waals surface area (Å²) >= 11 is 15.5. The van der Waals surface area contributed by atoms with Gasteiger partial charge in [0.05, 0.1) is 16.5 Å². The van der Waals surface area contributed by atoms with Gasteiger partial charge in [-0.05, 0) is 43.5 Å². The van der Waals surface area contributed by atoms with Crippen molar-refractivity contribution in [1.29, 1.82) is 0 Å². The topological polar surface area (TPSA) is 78.4 Å². The van der Waals surface area contributed by atoms with Gasteiger partial charge in [-0.1, -0.05) is 29.3 Å². The molecule has 3 rings (SSSR count). The molecule has 0 saturated heterocycles. The number of nitro groups is 1. The van der Waals surface area contributed by atoms with E-state index in [0.717, 1.165) is 0 Å². The Hall–Kier alpha value is -1.83. The average Bonchev–Trinajstić information content (AvgIpc) is 2.91. The Bertz CT molecular complexity index is 909. The van der Waals surface area contributed by atoms with Crippen LogP contribution >= 0.6 is 39.1 Å². The van der Waals surface area contributed by atoms with Gasteiger partial charge in [-0.15, -0.1) is 0 Å². The maximum Gasteiger partial charge on any atom is 0.410 e. The summed E-state index contributed by atoms with van der Waals surface area (Å²) in [6.45, 7) is 0.128. The van der Waals surface area contributed by atoms with Crippen molar-refractivity contribution < 1.29 is 14.1 Å². The molecule has 0 atom stereocenters.